The second kappa shape index (κ2) is 3.65. The Balaban J connectivity index is 2.49. The number of phenols is 1. The standard InChI is InChI=1S/C10H7FN2O3/c11-9-8(10(15)16)5-12-13(9)6-1-3-7(14)4-2-6/h1-5,14H,(H,15,16). The molecule has 0 amide bonds. The Morgan fingerprint density at radius 2 is 1.94 bits per heavy atom. The minimum absolute atomic E-state index is 0.0368. The molecule has 0 unspecified atom stereocenters. The number of carboxylic acid groups (broad SMARTS) is 1. The summed E-state index contributed by atoms with van der Waals surface area (Å²) >= 11 is 0. The van der Waals surface area contributed by atoms with Gasteiger partial charge in [0.2, 0.25) is 5.95 Å². The van der Waals surface area contributed by atoms with Crippen molar-refractivity contribution < 1.29 is 19.4 Å². The van der Waals surface area contributed by atoms with Gasteiger partial charge >= 0.3 is 5.97 Å². The second-order valence-electron chi connectivity index (χ2n) is 3.08. The lowest BCUT2D eigenvalue weighted by molar-refractivity contribution is 0.0691. The number of hydrogen-bond acceptors (Lipinski definition) is 3. The number of aromatic carboxylic acids is 1. The number of benzene rings is 1. The molecule has 1 aromatic carbocycles. The van der Waals surface area contributed by atoms with Crippen molar-refractivity contribution in [3.8, 4) is 11.4 Å². The number of phenolic OH excluding ortho intramolecular Hbond substituents is 1. The van der Waals surface area contributed by atoms with Crippen molar-refractivity contribution in [1.82, 2.24) is 9.78 Å². The van der Waals surface area contributed by atoms with E-state index < -0.39 is 17.5 Å². The molecule has 0 radical (unpaired) electrons. The van der Waals surface area contributed by atoms with Crippen molar-refractivity contribution in [1.29, 1.82) is 0 Å². The molecule has 0 bridgehead atoms. The van der Waals surface area contributed by atoms with E-state index in [4.69, 9.17) is 10.2 Å². The molecule has 1 aromatic heterocycles. The van der Waals surface area contributed by atoms with E-state index in [1.165, 1.54) is 24.3 Å². The van der Waals surface area contributed by atoms with E-state index in [0.29, 0.717) is 5.69 Å². The van der Waals surface area contributed by atoms with Gasteiger partial charge in [-0.25, -0.2) is 9.48 Å². The zero-order valence-electron chi connectivity index (χ0n) is 7.96. The molecule has 1 heterocycles. The Kier molecular flexibility index (Phi) is 2.32. The van der Waals surface area contributed by atoms with Crippen LogP contribution in [0.25, 0.3) is 5.69 Å². The van der Waals surface area contributed by atoms with Gasteiger partial charge in [0.25, 0.3) is 0 Å². The Morgan fingerprint density at radius 3 is 2.44 bits per heavy atom. The summed E-state index contributed by atoms with van der Waals surface area (Å²) in [5, 5.41) is 21.3. The van der Waals surface area contributed by atoms with Crippen LogP contribution < -0.4 is 0 Å². The van der Waals surface area contributed by atoms with Crippen LogP contribution in [0, 0.1) is 5.95 Å². The predicted octanol–water partition coefficient (Wildman–Crippen LogP) is 1.42. The summed E-state index contributed by atoms with van der Waals surface area (Å²) in [4.78, 5) is 10.6. The second-order valence-corrected chi connectivity index (χ2v) is 3.08. The highest BCUT2D eigenvalue weighted by Crippen LogP contribution is 2.16. The van der Waals surface area contributed by atoms with E-state index in [9.17, 15) is 9.18 Å². The van der Waals surface area contributed by atoms with Crippen LogP contribution in [0.1, 0.15) is 10.4 Å². The van der Waals surface area contributed by atoms with Crippen molar-refractivity contribution in [2.75, 3.05) is 0 Å². The van der Waals surface area contributed by atoms with Crippen LogP contribution >= 0.6 is 0 Å². The van der Waals surface area contributed by atoms with Crippen LogP contribution in [-0.2, 0) is 0 Å². The van der Waals surface area contributed by atoms with Gasteiger partial charge in [-0.3, -0.25) is 0 Å². The quantitative estimate of drug-likeness (QED) is 0.805. The number of rotatable bonds is 2. The molecule has 2 rings (SSSR count). The molecule has 0 aliphatic rings. The highest BCUT2D eigenvalue weighted by molar-refractivity contribution is 5.87. The summed E-state index contributed by atoms with van der Waals surface area (Å²) in [5.41, 5.74) is -0.157. The van der Waals surface area contributed by atoms with E-state index in [0.717, 1.165) is 10.9 Å². The summed E-state index contributed by atoms with van der Waals surface area (Å²) < 4.78 is 14.4. The largest absolute Gasteiger partial charge is 0.508 e. The predicted molar refractivity (Wildman–Crippen MR) is 52.1 cm³/mol. The molecule has 6 heteroatoms. The maximum absolute atomic E-state index is 13.5. The van der Waals surface area contributed by atoms with E-state index in [1.54, 1.807) is 0 Å². The van der Waals surface area contributed by atoms with E-state index in [1.807, 2.05) is 0 Å². The molecular formula is C10H7FN2O3. The van der Waals surface area contributed by atoms with Crippen LogP contribution in [0.3, 0.4) is 0 Å². The zero-order valence-corrected chi connectivity index (χ0v) is 7.96. The summed E-state index contributed by atoms with van der Waals surface area (Å²) in [5.74, 6) is -2.28. The van der Waals surface area contributed by atoms with Crippen molar-refractivity contribution in [3.63, 3.8) is 0 Å². The number of aromatic hydroxyl groups is 1. The minimum Gasteiger partial charge on any atom is -0.508 e. The molecule has 16 heavy (non-hydrogen) atoms. The fraction of sp³-hybridized carbons (Fsp3) is 0. The lowest BCUT2D eigenvalue weighted by Crippen LogP contribution is -2.03. The van der Waals surface area contributed by atoms with Crippen LogP contribution in [0.4, 0.5) is 4.39 Å². The van der Waals surface area contributed by atoms with Gasteiger partial charge in [0.1, 0.15) is 11.3 Å². The highest BCUT2D eigenvalue weighted by Gasteiger charge is 2.17. The third kappa shape index (κ3) is 1.60. The van der Waals surface area contributed by atoms with Crippen LogP contribution in [0.5, 0.6) is 5.75 Å². The molecule has 0 fully saturated rings. The van der Waals surface area contributed by atoms with Crippen molar-refractivity contribution in [2.24, 2.45) is 0 Å². The van der Waals surface area contributed by atoms with E-state index in [-0.39, 0.29) is 5.75 Å². The SMILES string of the molecule is O=C(O)c1cnn(-c2ccc(O)cc2)c1F. The molecule has 82 valence electrons. The van der Waals surface area contributed by atoms with Crippen molar-refractivity contribution in [3.05, 3.63) is 42.0 Å². The molecule has 0 aliphatic carbocycles. The smallest absolute Gasteiger partial charge is 0.342 e. The molecule has 0 spiro atoms. The number of aromatic nitrogens is 2. The van der Waals surface area contributed by atoms with E-state index in [2.05, 4.69) is 5.10 Å². The molecule has 2 N–H and O–H groups in total. The fourth-order valence-corrected chi connectivity index (χ4v) is 1.25. The van der Waals surface area contributed by atoms with Gasteiger partial charge in [-0.1, -0.05) is 0 Å². The van der Waals surface area contributed by atoms with Crippen LogP contribution in [-0.4, -0.2) is 26.0 Å². The molecule has 0 saturated heterocycles. The van der Waals surface area contributed by atoms with Crippen LogP contribution in [0.2, 0.25) is 0 Å². The number of carbonyl (C=O) groups is 1. The Hall–Kier alpha value is -2.37. The minimum atomic E-state index is -1.37. The van der Waals surface area contributed by atoms with Crippen molar-refractivity contribution in [2.45, 2.75) is 0 Å². The zero-order chi connectivity index (χ0) is 11.7. The first-order chi connectivity index (χ1) is 7.59. The monoisotopic (exact) mass is 222 g/mol. The topological polar surface area (TPSA) is 75.3 Å². The van der Waals surface area contributed by atoms with Gasteiger partial charge < -0.3 is 10.2 Å². The Bertz CT molecular complexity index is 533. The normalized spacial score (nSPS) is 10.3. The van der Waals surface area contributed by atoms with Crippen molar-refractivity contribution >= 4 is 5.97 Å². The van der Waals surface area contributed by atoms with Crippen LogP contribution in [0.15, 0.2) is 30.5 Å². The number of halogens is 1. The average molecular weight is 222 g/mol. The third-order valence-corrected chi connectivity index (χ3v) is 2.04. The summed E-state index contributed by atoms with van der Waals surface area (Å²) in [6, 6.07) is 5.57. The van der Waals surface area contributed by atoms with Gasteiger partial charge in [-0.15, -0.1) is 0 Å². The number of nitrogens with zero attached hydrogens (tertiary/aromatic N) is 2. The van der Waals surface area contributed by atoms with Gasteiger partial charge in [0.05, 0.1) is 11.9 Å². The summed E-state index contributed by atoms with van der Waals surface area (Å²) in [6.45, 7) is 0. The first-order valence-corrected chi connectivity index (χ1v) is 4.36. The maximum atomic E-state index is 13.5. The van der Waals surface area contributed by atoms with E-state index >= 15 is 0 Å². The van der Waals surface area contributed by atoms with Gasteiger partial charge in [-0.05, 0) is 24.3 Å². The lowest BCUT2D eigenvalue weighted by atomic mass is 10.3. The first kappa shape index (κ1) is 10.2. The third-order valence-electron chi connectivity index (χ3n) is 2.04. The Labute approximate surface area is 89.4 Å². The fourth-order valence-electron chi connectivity index (χ4n) is 1.25. The van der Waals surface area contributed by atoms with Gasteiger partial charge in [-0.2, -0.15) is 9.49 Å². The summed E-state index contributed by atoms with van der Waals surface area (Å²) in [7, 11) is 0. The van der Waals surface area contributed by atoms with Gasteiger partial charge in [0, 0.05) is 0 Å². The van der Waals surface area contributed by atoms with Gasteiger partial charge in [0.15, 0.2) is 0 Å². The first-order valence-electron chi connectivity index (χ1n) is 4.36. The molecular weight excluding hydrogens is 215 g/mol. The number of carboxylic acids is 1. The highest BCUT2D eigenvalue weighted by atomic mass is 19.1. The lowest BCUT2D eigenvalue weighted by Gasteiger charge is -2.01. The molecule has 0 aliphatic heterocycles. The summed E-state index contributed by atoms with van der Waals surface area (Å²) in [6.07, 6.45) is 0.935. The number of hydrogen-bond donors (Lipinski definition) is 2. The maximum Gasteiger partial charge on any atom is 0.342 e. The molecule has 0 atom stereocenters. The Morgan fingerprint density at radius 1 is 1.31 bits per heavy atom. The molecule has 5 nitrogen and oxygen atoms in total. The molecule has 0 saturated carbocycles. The average Bonchev–Trinajstić information content (AvgIpc) is 2.61. The molecule has 2 aromatic rings.